The fraction of sp³-hybridized carbons (Fsp3) is 0.400. The topological polar surface area (TPSA) is 53.7 Å². The standard InChI is InChI=1S/C10H13NO3/c1-2-3-12-8-5-10-9(4-7(8)11)13-6-14-10/h4-5H,2-3,6,11H2,1H3. The van der Waals surface area contributed by atoms with E-state index < -0.39 is 0 Å². The Balaban J connectivity index is 2.23. The molecule has 0 saturated heterocycles. The van der Waals surface area contributed by atoms with Crippen molar-refractivity contribution in [3.63, 3.8) is 0 Å². The molecule has 76 valence electrons. The van der Waals surface area contributed by atoms with Crippen LogP contribution in [0.3, 0.4) is 0 Å². The van der Waals surface area contributed by atoms with Gasteiger partial charge in [0.05, 0.1) is 12.3 Å². The van der Waals surface area contributed by atoms with Gasteiger partial charge in [0.25, 0.3) is 0 Å². The number of nitrogens with two attached hydrogens (primary N) is 1. The maximum absolute atomic E-state index is 5.77. The van der Waals surface area contributed by atoms with Crippen molar-refractivity contribution in [3.05, 3.63) is 12.1 Å². The zero-order valence-electron chi connectivity index (χ0n) is 8.08. The van der Waals surface area contributed by atoms with Crippen LogP contribution < -0.4 is 19.9 Å². The van der Waals surface area contributed by atoms with Crippen LogP contribution in [0.4, 0.5) is 5.69 Å². The Bertz CT molecular complexity index is 338. The number of benzene rings is 1. The molecule has 1 aromatic rings. The number of fused-ring (bicyclic) bond motifs is 1. The van der Waals surface area contributed by atoms with Crippen molar-refractivity contribution in [2.45, 2.75) is 13.3 Å². The van der Waals surface area contributed by atoms with Crippen molar-refractivity contribution in [2.24, 2.45) is 0 Å². The van der Waals surface area contributed by atoms with Crippen molar-refractivity contribution in [1.82, 2.24) is 0 Å². The van der Waals surface area contributed by atoms with Gasteiger partial charge in [0.15, 0.2) is 11.5 Å². The third kappa shape index (κ3) is 1.55. The van der Waals surface area contributed by atoms with Crippen molar-refractivity contribution in [3.8, 4) is 17.2 Å². The second-order valence-corrected chi connectivity index (χ2v) is 3.09. The van der Waals surface area contributed by atoms with Crippen LogP contribution in [0.1, 0.15) is 13.3 Å². The van der Waals surface area contributed by atoms with Gasteiger partial charge in [-0.1, -0.05) is 6.92 Å². The maximum atomic E-state index is 5.77. The zero-order valence-corrected chi connectivity index (χ0v) is 8.08. The molecular formula is C10H13NO3. The second-order valence-electron chi connectivity index (χ2n) is 3.09. The van der Waals surface area contributed by atoms with Gasteiger partial charge in [0.1, 0.15) is 5.75 Å². The quantitative estimate of drug-likeness (QED) is 0.747. The summed E-state index contributed by atoms with van der Waals surface area (Å²) >= 11 is 0. The van der Waals surface area contributed by atoms with Gasteiger partial charge >= 0.3 is 0 Å². The van der Waals surface area contributed by atoms with Gasteiger partial charge in [0.2, 0.25) is 6.79 Å². The molecular weight excluding hydrogens is 182 g/mol. The van der Waals surface area contributed by atoms with Crippen molar-refractivity contribution in [1.29, 1.82) is 0 Å². The summed E-state index contributed by atoms with van der Waals surface area (Å²) in [4.78, 5) is 0. The van der Waals surface area contributed by atoms with Crippen LogP contribution >= 0.6 is 0 Å². The lowest BCUT2D eigenvalue weighted by Gasteiger charge is -2.08. The predicted molar refractivity (Wildman–Crippen MR) is 52.8 cm³/mol. The molecule has 0 fully saturated rings. The van der Waals surface area contributed by atoms with Gasteiger partial charge in [-0.2, -0.15) is 0 Å². The molecule has 0 aromatic heterocycles. The molecule has 0 unspecified atom stereocenters. The van der Waals surface area contributed by atoms with E-state index in [1.807, 2.05) is 6.92 Å². The number of nitrogen functional groups attached to an aromatic ring is 1. The molecule has 0 atom stereocenters. The Morgan fingerprint density at radius 1 is 1.36 bits per heavy atom. The first kappa shape index (κ1) is 8.99. The highest BCUT2D eigenvalue weighted by molar-refractivity contribution is 5.62. The van der Waals surface area contributed by atoms with E-state index in [1.54, 1.807) is 12.1 Å². The largest absolute Gasteiger partial charge is 0.491 e. The van der Waals surface area contributed by atoms with E-state index in [-0.39, 0.29) is 6.79 Å². The summed E-state index contributed by atoms with van der Waals surface area (Å²) < 4.78 is 15.8. The third-order valence-electron chi connectivity index (χ3n) is 1.97. The Labute approximate surface area is 82.6 Å². The smallest absolute Gasteiger partial charge is 0.231 e. The SMILES string of the molecule is CCCOc1cc2c(cc1N)OCO2. The fourth-order valence-corrected chi connectivity index (χ4v) is 1.28. The van der Waals surface area contributed by atoms with Crippen LogP contribution in [0.5, 0.6) is 17.2 Å². The van der Waals surface area contributed by atoms with Crippen LogP contribution in [-0.2, 0) is 0 Å². The monoisotopic (exact) mass is 195 g/mol. The predicted octanol–water partition coefficient (Wildman–Crippen LogP) is 1.79. The average Bonchev–Trinajstić information content (AvgIpc) is 2.61. The average molecular weight is 195 g/mol. The van der Waals surface area contributed by atoms with E-state index in [2.05, 4.69) is 0 Å². The highest BCUT2D eigenvalue weighted by atomic mass is 16.7. The third-order valence-corrected chi connectivity index (χ3v) is 1.97. The fourth-order valence-electron chi connectivity index (χ4n) is 1.28. The molecule has 2 rings (SSSR count). The molecule has 0 aliphatic carbocycles. The van der Waals surface area contributed by atoms with E-state index in [4.69, 9.17) is 19.9 Å². The molecule has 1 aromatic carbocycles. The van der Waals surface area contributed by atoms with Crippen molar-refractivity contribution in [2.75, 3.05) is 19.1 Å². The molecule has 4 heteroatoms. The molecule has 0 saturated carbocycles. The van der Waals surface area contributed by atoms with Crippen molar-refractivity contribution < 1.29 is 14.2 Å². The highest BCUT2D eigenvalue weighted by Crippen LogP contribution is 2.39. The Morgan fingerprint density at radius 2 is 2.07 bits per heavy atom. The minimum absolute atomic E-state index is 0.256. The summed E-state index contributed by atoms with van der Waals surface area (Å²) in [5.41, 5.74) is 6.36. The summed E-state index contributed by atoms with van der Waals surface area (Å²) in [7, 11) is 0. The normalized spacial score (nSPS) is 12.9. The Morgan fingerprint density at radius 3 is 2.79 bits per heavy atom. The van der Waals surface area contributed by atoms with Gasteiger partial charge in [0, 0.05) is 12.1 Å². The van der Waals surface area contributed by atoms with Gasteiger partial charge in [-0.15, -0.1) is 0 Å². The molecule has 14 heavy (non-hydrogen) atoms. The Kier molecular flexibility index (Phi) is 2.35. The Hall–Kier alpha value is -1.58. The lowest BCUT2D eigenvalue weighted by Crippen LogP contribution is -1.98. The minimum atomic E-state index is 0.256. The molecule has 4 nitrogen and oxygen atoms in total. The summed E-state index contributed by atoms with van der Waals surface area (Å²) in [5, 5.41) is 0. The van der Waals surface area contributed by atoms with E-state index >= 15 is 0 Å². The molecule has 1 aliphatic heterocycles. The van der Waals surface area contributed by atoms with Gasteiger partial charge in [-0.05, 0) is 6.42 Å². The molecule has 0 spiro atoms. The molecule has 0 amide bonds. The molecule has 1 aliphatic rings. The molecule has 2 N–H and O–H groups in total. The first-order chi connectivity index (χ1) is 6.81. The molecule has 0 radical (unpaired) electrons. The van der Waals surface area contributed by atoms with E-state index in [9.17, 15) is 0 Å². The maximum Gasteiger partial charge on any atom is 0.231 e. The minimum Gasteiger partial charge on any atom is -0.491 e. The summed E-state index contributed by atoms with van der Waals surface area (Å²) in [5.74, 6) is 2.05. The summed E-state index contributed by atoms with van der Waals surface area (Å²) in [6.45, 7) is 2.96. The number of ether oxygens (including phenoxy) is 3. The van der Waals surface area contributed by atoms with E-state index in [0.29, 0.717) is 29.5 Å². The number of hydrogen-bond donors (Lipinski definition) is 1. The van der Waals surface area contributed by atoms with Crippen LogP contribution in [0.15, 0.2) is 12.1 Å². The molecule has 1 heterocycles. The first-order valence-electron chi connectivity index (χ1n) is 4.63. The van der Waals surface area contributed by atoms with Gasteiger partial charge in [-0.25, -0.2) is 0 Å². The van der Waals surface area contributed by atoms with Crippen LogP contribution in [0, 0.1) is 0 Å². The second kappa shape index (κ2) is 3.65. The number of rotatable bonds is 3. The van der Waals surface area contributed by atoms with E-state index in [0.717, 1.165) is 6.42 Å². The highest BCUT2D eigenvalue weighted by Gasteiger charge is 2.16. The van der Waals surface area contributed by atoms with Crippen LogP contribution in [-0.4, -0.2) is 13.4 Å². The van der Waals surface area contributed by atoms with Gasteiger partial charge < -0.3 is 19.9 Å². The lowest BCUT2D eigenvalue weighted by atomic mass is 10.2. The van der Waals surface area contributed by atoms with Crippen LogP contribution in [0.25, 0.3) is 0 Å². The molecule has 0 bridgehead atoms. The van der Waals surface area contributed by atoms with E-state index in [1.165, 1.54) is 0 Å². The number of hydrogen-bond acceptors (Lipinski definition) is 4. The van der Waals surface area contributed by atoms with Gasteiger partial charge in [-0.3, -0.25) is 0 Å². The summed E-state index contributed by atoms with van der Waals surface area (Å²) in [6, 6.07) is 3.50. The zero-order chi connectivity index (χ0) is 9.97. The lowest BCUT2D eigenvalue weighted by molar-refractivity contribution is 0.174. The van der Waals surface area contributed by atoms with Crippen LogP contribution in [0.2, 0.25) is 0 Å². The number of anilines is 1. The van der Waals surface area contributed by atoms with Crippen molar-refractivity contribution >= 4 is 5.69 Å². The summed E-state index contributed by atoms with van der Waals surface area (Å²) in [6.07, 6.45) is 0.952. The first-order valence-corrected chi connectivity index (χ1v) is 4.63.